The van der Waals surface area contributed by atoms with Crippen LogP contribution in [0.25, 0.3) is 16.9 Å². The van der Waals surface area contributed by atoms with Crippen molar-refractivity contribution in [2.45, 2.75) is 6.92 Å². The Bertz CT molecular complexity index is 887. The minimum absolute atomic E-state index is 0.0112. The molecule has 1 heterocycles. The van der Waals surface area contributed by atoms with Crippen molar-refractivity contribution in [3.63, 3.8) is 0 Å². The molecular weight excluding hydrogens is 306 g/mol. The van der Waals surface area contributed by atoms with E-state index in [1.54, 1.807) is 37.2 Å². The Morgan fingerprint density at radius 1 is 1.04 bits per heavy atom. The van der Waals surface area contributed by atoms with E-state index in [9.17, 15) is 4.79 Å². The highest BCUT2D eigenvalue weighted by molar-refractivity contribution is 5.94. The highest BCUT2D eigenvalue weighted by Crippen LogP contribution is 2.31. The highest BCUT2D eigenvalue weighted by atomic mass is 16.5. The molecular formula is C18H17N3O3. The average Bonchev–Trinajstić information content (AvgIpc) is 3.11. The molecule has 3 rings (SSSR count). The van der Waals surface area contributed by atoms with E-state index in [1.807, 2.05) is 30.3 Å². The van der Waals surface area contributed by atoms with Crippen LogP contribution in [0.3, 0.4) is 0 Å². The molecule has 0 unspecified atom stereocenters. The van der Waals surface area contributed by atoms with Gasteiger partial charge in [-0.3, -0.25) is 4.79 Å². The minimum Gasteiger partial charge on any atom is -0.493 e. The third-order valence-electron chi connectivity index (χ3n) is 3.69. The lowest BCUT2D eigenvalue weighted by molar-refractivity contribution is 0.101. The molecule has 0 N–H and O–H groups in total. The molecule has 6 heteroatoms. The van der Waals surface area contributed by atoms with Gasteiger partial charge >= 0.3 is 0 Å². The maximum absolute atomic E-state index is 11.5. The van der Waals surface area contributed by atoms with Crippen LogP contribution in [0.1, 0.15) is 17.3 Å². The van der Waals surface area contributed by atoms with Crippen LogP contribution in [0.4, 0.5) is 0 Å². The zero-order chi connectivity index (χ0) is 17.1. The molecule has 0 bridgehead atoms. The molecule has 122 valence electrons. The first-order valence-electron chi connectivity index (χ1n) is 7.38. The number of aromatic nitrogens is 3. The Balaban J connectivity index is 1.96. The third-order valence-corrected chi connectivity index (χ3v) is 3.69. The van der Waals surface area contributed by atoms with Crippen molar-refractivity contribution in [3.8, 4) is 28.4 Å². The van der Waals surface area contributed by atoms with E-state index >= 15 is 0 Å². The van der Waals surface area contributed by atoms with Crippen LogP contribution in [0.5, 0.6) is 11.5 Å². The van der Waals surface area contributed by atoms with E-state index in [2.05, 4.69) is 10.3 Å². The number of ketones is 1. The van der Waals surface area contributed by atoms with E-state index < -0.39 is 0 Å². The summed E-state index contributed by atoms with van der Waals surface area (Å²) in [6.07, 6.45) is 1.81. The average molecular weight is 323 g/mol. The molecule has 0 saturated heterocycles. The number of rotatable bonds is 5. The summed E-state index contributed by atoms with van der Waals surface area (Å²) in [6.45, 7) is 1.54. The van der Waals surface area contributed by atoms with Gasteiger partial charge in [0, 0.05) is 11.1 Å². The summed E-state index contributed by atoms with van der Waals surface area (Å²) >= 11 is 0. The fourth-order valence-electron chi connectivity index (χ4n) is 2.39. The summed E-state index contributed by atoms with van der Waals surface area (Å²) in [6, 6.07) is 12.8. The van der Waals surface area contributed by atoms with Gasteiger partial charge in [0.25, 0.3) is 0 Å². The van der Waals surface area contributed by atoms with Crippen LogP contribution in [-0.2, 0) is 0 Å². The van der Waals surface area contributed by atoms with Crippen molar-refractivity contribution in [1.29, 1.82) is 0 Å². The smallest absolute Gasteiger partial charge is 0.161 e. The van der Waals surface area contributed by atoms with E-state index in [0.29, 0.717) is 22.8 Å². The quantitative estimate of drug-likeness (QED) is 0.675. The van der Waals surface area contributed by atoms with E-state index in [1.165, 1.54) is 6.92 Å². The second-order valence-corrected chi connectivity index (χ2v) is 5.22. The van der Waals surface area contributed by atoms with E-state index in [0.717, 1.165) is 11.3 Å². The number of Topliss-reactive ketones (excluding diaryl/α,β-unsaturated/α-hetero) is 1. The molecule has 2 aromatic carbocycles. The molecule has 0 radical (unpaired) electrons. The van der Waals surface area contributed by atoms with Gasteiger partial charge in [-0.2, -0.15) is 0 Å². The molecule has 24 heavy (non-hydrogen) atoms. The molecule has 0 aliphatic carbocycles. The van der Waals surface area contributed by atoms with Crippen LogP contribution >= 0.6 is 0 Å². The summed E-state index contributed by atoms with van der Waals surface area (Å²) in [5, 5.41) is 8.34. The number of carbonyl (C=O) groups excluding carboxylic acids is 1. The lowest BCUT2D eigenvalue weighted by Crippen LogP contribution is -1.98. The SMILES string of the molecule is COc1ccc(-c2cn(-c3cccc(C(C)=O)c3)nn2)cc1OC. The van der Waals surface area contributed by atoms with Gasteiger partial charge in [0.2, 0.25) is 0 Å². The molecule has 6 nitrogen and oxygen atoms in total. The molecule has 0 aliphatic heterocycles. The first kappa shape index (κ1) is 15.7. The maximum atomic E-state index is 11.5. The number of benzene rings is 2. The normalized spacial score (nSPS) is 10.5. The number of nitrogens with zero attached hydrogens (tertiary/aromatic N) is 3. The standard InChI is InChI=1S/C18H17N3O3/c1-12(22)13-5-4-6-15(9-13)21-11-16(19-20-21)14-7-8-17(23-2)18(10-14)24-3/h4-11H,1-3H3. The fourth-order valence-corrected chi connectivity index (χ4v) is 2.39. The van der Waals surface area contributed by atoms with Crippen molar-refractivity contribution in [3.05, 3.63) is 54.2 Å². The topological polar surface area (TPSA) is 66.2 Å². The zero-order valence-corrected chi connectivity index (χ0v) is 13.7. The van der Waals surface area contributed by atoms with E-state index in [4.69, 9.17) is 9.47 Å². The third kappa shape index (κ3) is 2.99. The van der Waals surface area contributed by atoms with Crippen molar-refractivity contribution >= 4 is 5.78 Å². The maximum Gasteiger partial charge on any atom is 0.161 e. The van der Waals surface area contributed by atoms with Crippen LogP contribution in [0, 0.1) is 0 Å². The second-order valence-electron chi connectivity index (χ2n) is 5.22. The predicted octanol–water partition coefficient (Wildman–Crippen LogP) is 3.15. The first-order chi connectivity index (χ1) is 11.6. The van der Waals surface area contributed by atoms with Crippen molar-refractivity contribution in [1.82, 2.24) is 15.0 Å². The first-order valence-corrected chi connectivity index (χ1v) is 7.38. The zero-order valence-electron chi connectivity index (χ0n) is 13.7. The number of ether oxygens (including phenoxy) is 2. The molecule has 0 spiro atoms. The van der Waals surface area contributed by atoms with Crippen LogP contribution < -0.4 is 9.47 Å². The summed E-state index contributed by atoms with van der Waals surface area (Å²) in [5.41, 5.74) is 2.98. The monoisotopic (exact) mass is 323 g/mol. The highest BCUT2D eigenvalue weighted by Gasteiger charge is 2.10. The summed E-state index contributed by atoms with van der Waals surface area (Å²) in [5.74, 6) is 1.29. The van der Waals surface area contributed by atoms with Gasteiger partial charge in [-0.15, -0.1) is 5.10 Å². The Morgan fingerprint density at radius 3 is 2.54 bits per heavy atom. The Hall–Kier alpha value is -3.15. The lowest BCUT2D eigenvalue weighted by atomic mass is 10.1. The molecule has 0 saturated carbocycles. The van der Waals surface area contributed by atoms with Crippen molar-refractivity contribution < 1.29 is 14.3 Å². The minimum atomic E-state index is 0.0112. The van der Waals surface area contributed by atoms with Crippen LogP contribution in [0.15, 0.2) is 48.7 Å². The largest absolute Gasteiger partial charge is 0.493 e. The predicted molar refractivity (Wildman–Crippen MR) is 89.9 cm³/mol. The second kappa shape index (κ2) is 6.54. The molecule has 0 atom stereocenters. The summed E-state index contributed by atoms with van der Waals surface area (Å²) in [4.78, 5) is 11.5. The Labute approximate surface area is 139 Å². The summed E-state index contributed by atoms with van der Waals surface area (Å²) in [7, 11) is 3.18. The fraction of sp³-hybridized carbons (Fsp3) is 0.167. The van der Waals surface area contributed by atoms with Crippen molar-refractivity contribution in [2.24, 2.45) is 0 Å². The number of hydrogen-bond acceptors (Lipinski definition) is 5. The van der Waals surface area contributed by atoms with Gasteiger partial charge in [0.1, 0.15) is 5.69 Å². The number of carbonyl (C=O) groups is 1. The van der Waals surface area contributed by atoms with Gasteiger partial charge in [-0.25, -0.2) is 4.68 Å². The molecule has 0 aliphatic rings. The van der Waals surface area contributed by atoms with E-state index in [-0.39, 0.29) is 5.78 Å². The van der Waals surface area contributed by atoms with Crippen LogP contribution in [-0.4, -0.2) is 35.0 Å². The lowest BCUT2D eigenvalue weighted by Gasteiger charge is -2.08. The Kier molecular flexibility index (Phi) is 4.29. The van der Waals surface area contributed by atoms with Gasteiger partial charge in [-0.05, 0) is 37.3 Å². The van der Waals surface area contributed by atoms with Gasteiger partial charge < -0.3 is 9.47 Å². The van der Waals surface area contributed by atoms with Gasteiger partial charge in [0.05, 0.1) is 26.1 Å². The Morgan fingerprint density at radius 2 is 1.83 bits per heavy atom. The van der Waals surface area contributed by atoms with Crippen LogP contribution in [0.2, 0.25) is 0 Å². The van der Waals surface area contributed by atoms with Gasteiger partial charge in [0.15, 0.2) is 17.3 Å². The molecule has 0 amide bonds. The summed E-state index contributed by atoms with van der Waals surface area (Å²) < 4.78 is 12.2. The molecule has 1 aromatic heterocycles. The number of methoxy groups -OCH3 is 2. The molecule has 0 fully saturated rings. The molecule has 3 aromatic rings. The van der Waals surface area contributed by atoms with Crippen molar-refractivity contribution in [2.75, 3.05) is 14.2 Å². The van der Waals surface area contributed by atoms with Gasteiger partial charge in [-0.1, -0.05) is 17.3 Å². The number of hydrogen-bond donors (Lipinski definition) is 0.